The number of nitrogens with zero attached hydrogens (tertiary/aromatic N) is 4. The molecule has 2 aliphatic heterocycles. The summed E-state index contributed by atoms with van der Waals surface area (Å²) in [6, 6.07) is 9.41. The van der Waals surface area contributed by atoms with Gasteiger partial charge in [-0.25, -0.2) is 19.7 Å². The Morgan fingerprint density at radius 1 is 1.13 bits per heavy atom. The van der Waals surface area contributed by atoms with Crippen molar-refractivity contribution in [1.82, 2.24) is 24.8 Å². The van der Waals surface area contributed by atoms with E-state index in [1.807, 2.05) is 30.3 Å². The summed E-state index contributed by atoms with van der Waals surface area (Å²) in [6.07, 6.45) is 3.67. The molecular weight excluding hydrogens is 531 g/mol. The molecular formula is C24H28N6O8P-. The number of carbonyl (C=O) groups is 1. The fourth-order valence-corrected chi connectivity index (χ4v) is 5.69. The van der Waals surface area contributed by atoms with Gasteiger partial charge >= 0.3 is 6.03 Å². The monoisotopic (exact) mass is 559 g/mol. The van der Waals surface area contributed by atoms with Crippen LogP contribution in [0.3, 0.4) is 0 Å². The van der Waals surface area contributed by atoms with E-state index in [1.165, 1.54) is 12.7 Å². The van der Waals surface area contributed by atoms with Gasteiger partial charge in [0, 0.05) is 12.5 Å². The van der Waals surface area contributed by atoms with Gasteiger partial charge in [-0.3, -0.25) is 14.4 Å². The third-order valence-electron chi connectivity index (χ3n) is 7.11. The molecule has 0 spiro atoms. The summed E-state index contributed by atoms with van der Waals surface area (Å²) >= 11 is 0. The van der Waals surface area contributed by atoms with Gasteiger partial charge < -0.3 is 33.8 Å². The minimum Gasteiger partial charge on any atom is -0.756 e. The van der Waals surface area contributed by atoms with Crippen molar-refractivity contribution in [2.24, 2.45) is 0 Å². The molecule has 3 aliphatic rings. The lowest BCUT2D eigenvalue weighted by Gasteiger charge is -2.23. The molecule has 1 aliphatic carbocycles. The van der Waals surface area contributed by atoms with Crippen molar-refractivity contribution in [3.05, 3.63) is 48.5 Å². The van der Waals surface area contributed by atoms with Gasteiger partial charge in [-0.2, -0.15) is 0 Å². The summed E-state index contributed by atoms with van der Waals surface area (Å²) in [5.41, 5.74) is 1.72. The van der Waals surface area contributed by atoms with Crippen molar-refractivity contribution in [3.63, 3.8) is 0 Å². The molecule has 39 heavy (non-hydrogen) atoms. The smallest absolute Gasteiger partial charge is 0.320 e. The quantitative estimate of drug-likeness (QED) is 0.341. The molecule has 3 aromatic rings. The second-order valence-corrected chi connectivity index (χ2v) is 11.0. The molecule has 3 unspecified atom stereocenters. The summed E-state index contributed by atoms with van der Waals surface area (Å²) in [6.45, 7) is -0.466. The zero-order chi connectivity index (χ0) is 27.0. The summed E-state index contributed by atoms with van der Waals surface area (Å²) in [5, 5.41) is 5.71. The number of amides is 2. The van der Waals surface area contributed by atoms with Crippen LogP contribution in [-0.4, -0.2) is 67.7 Å². The topological polar surface area (TPSA) is 182 Å². The van der Waals surface area contributed by atoms with Crippen LogP contribution in [0.2, 0.25) is 0 Å². The van der Waals surface area contributed by atoms with Gasteiger partial charge in [-0.1, -0.05) is 43.2 Å². The average Bonchev–Trinajstić information content (AvgIpc) is 3.68. The summed E-state index contributed by atoms with van der Waals surface area (Å²) in [5.74, 6) is 0.238. The SMILES string of the molecule is O=C(Nc1ncnc2c1ncn2[C@@H]1O[C@H](COP(=O)([O-])O)[C@@H]2OC(Cc3ccccc3)OC21)NC1CCCC1. The number of benzene rings is 1. The van der Waals surface area contributed by atoms with E-state index in [2.05, 4.69) is 30.1 Å². The molecule has 1 saturated carbocycles. The van der Waals surface area contributed by atoms with Crippen LogP contribution < -0.4 is 15.5 Å². The maximum Gasteiger partial charge on any atom is 0.320 e. The number of imidazole rings is 1. The second-order valence-electron chi connectivity index (χ2n) is 9.78. The van der Waals surface area contributed by atoms with Crippen molar-refractivity contribution in [2.45, 2.75) is 69.0 Å². The standard InChI is InChI=1S/C24H29N6O8P/c31-24(28-15-8-4-5-9-15)29-21-18-22(26-12-25-21)30(13-27-18)23-20-19(16(36-23)11-35-39(32,33)34)37-17(38-20)10-14-6-2-1-3-7-14/h1-3,6-7,12-13,15-17,19-20,23H,4-5,8-11H2,(H2,32,33,34)(H2,25,26,28,29,31)/p-1/t16-,17?,19+,20?,23-/m1/s1. The van der Waals surface area contributed by atoms with Crippen molar-refractivity contribution in [2.75, 3.05) is 11.9 Å². The highest BCUT2D eigenvalue weighted by Crippen LogP contribution is 2.43. The molecule has 6 rings (SSSR count). The fourth-order valence-electron chi connectivity index (χ4n) is 5.36. The van der Waals surface area contributed by atoms with Gasteiger partial charge in [0.25, 0.3) is 7.82 Å². The van der Waals surface area contributed by atoms with Gasteiger partial charge in [0.05, 0.1) is 12.9 Å². The van der Waals surface area contributed by atoms with Crippen LogP contribution in [0.5, 0.6) is 0 Å². The summed E-state index contributed by atoms with van der Waals surface area (Å²) < 4.78 is 36.0. The van der Waals surface area contributed by atoms with E-state index in [-0.39, 0.29) is 17.9 Å². The third kappa shape index (κ3) is 5.82. The van der Waals surface area contributed by atoms with E-state index < -0.39 is 45.3 Å². The number of anilines is 1. The van der Waals surface area contributed by atoms with Crippen molar-refractivity contribution >= 4 is 30.8 Å². The predicted octanol–water partition coefficient (Wildman–Crippen LogP) is 1.62. The molecule has 2 amide bonds. The largest absolute Gasteiger partial charge is 0.756 e. The van der Waals surface area contributed by atoms with Gasteiger partial charge in [0.15, 0.2) is 29.5 Å². The van der Waals surface area contributed by atoms with Crippen LogP contribution in [-0.2, 0) is 29.7 Å². The molecule has 0 radical (unpaired) electrons. The molecule has 2 aromatic heterocycles. The van der Waals surface area contributed by atoms with Crippen LogP contribution >= 0.6 is 7.82 Å². The van der Waals surface area contributed by atoms with Crippen LogP contribution in [0, 0.1) is 0 Å². The van der Waals surface area contributed by atoms with Crippen molar-refractivity contribution in [3.8, 4) is 0 Å². The Morgan fingerprint density at radius 3 is 2.67 bits per heavy atom. The molecule has 15 heteroatoms. The first kappa shape index (κ1) is 26.3. The molecule has 2 saturated heterocycles. The number of phosphoric ester groups is 1. The number of hydrogen-bond donors (Lipinski definition) is 3. The number of phosphoric acid groups is 1. The maximum atomic E-state index is 12.5. The number of nitrogens with one attached hydrogen (secondary N) is 2. The van der Waals surface area contributed by atoms with Crippen LogP contribution in [0.4, 0.5) is 10.6 Å². The van der Waals surface area contributed by atoms with Gasteiger partial charge in [0.1, 0.15) is 24.6 Å². The summed E-state index contributed by atoms with van der Waals surface area (Å²) in [4.78, 5) is 45.9. The number of urea groups is 1. The minimum atomic E-state index is -4.99. The third-order valence-corrected chi connectivity index (χ3v) is 7.58. The number of ether oxygens (including phenoxy) is 3. The zero-order valence-electron chi connectivity index (χ0n) is 20.8. The van der Waals surface area contributed by atoms with E-state index in [0.29, 0.717) is 17.6 Å². The Labute approximate surface area is 223 Å². The lowest BCUT2D eigenvalue weighted by atomic mass is 10.1. The number of fused-ring (bicyclic) bond motifs is 2. The highest BCUT2D eigenvalue weighted by atomic mass is 31.2. The molecule has 208 valence electrons. The Kier molecular flexibility index (Phi) is 7.33. The highest BCUT2D eigenvalue weighted by Gasteiger charge is 2.54. The maximum absolute atomic E-state index is 12.5. The second kappa shape index (κ2) is 10.9. The molecule has 0 bridgehead atoms. The molecule has 3 fully saturated rings. The zero-order valence-corrected chi connectivity index (χ0v) is 21.7. The number of aromatic nitrogens is 4. The van der Waals surface area contributed by atoms with Crippen LogP contribution in [0.25, 0.3) is 11.2 Å². The fraction of sp³-hybridized carbons (Fsp3) is 0.500. The molecule has 1 aromatic carbocycles. The first-order valence-electron chi connectivity index (χ1n) is 12.8. The lowest BCUT2D eigenvalue weighted by Crippen LogP contribution is -2.36. The van der Waals surface area contributed by atoms with Gasteiger partial charge in [0.2, 0.25) is 0 Å². The van der Waals surface area contributed by atoms with Crippen LogP contribution in [0.1, 0.15) is 37.5 Å². The van der Waals surface area contributed by atoms with E-state index in [1.54, 1.807) is 4.57 Å². The molecule has 4 heterocycles. The Morgan fingerprint density at radius 2 is 1.90 bits per heavy atom. The number of rotatable bonds is 8. The average molecular weight is 559 g/mol. The summed E-state index contributed by atoms with van der Waals surface area (Å²) in [7, 11) is -4.99. The number of hydrogen-bond acceptors (Lipinski definition) is 10. The Bertz CT molecular complexity index is 1360. The van der Waals surface area contributed by atoms with E-state index in [9.17, 15) is 14.3 Å². The van der Waals surface area contributed by atoms with Gasteiger partial charge in [-0.15, -0.1) is 0 Å². The minimum absolute atomic E-state index is 0.134. The van der Waals surface area contributed by atoms with Crippen molar-refractivity contribution < 1.29 is 37.9 Å². The van der Waals surface area contributed by atoms with E-state index in [0.717, 1.165) is 31.2 Å². The first-order chi connectivity index (χ1) is 18.8. The van der Waals surface area contributed by atoms with Crippen LogP contribution in [0.15, 0.2) is 43.0 Å². The molecule has 14 nitrogen and oxygen atoms in total. The number of carbonyl (C=O) groups excluding carboxylic acids is 1. The van der Waals surface area contributed by atoms with Gasteiger partial charge in [-0.05, 0) is 18.4 Å². The Balaban J connectivity index is 1.23. The lowest BCUT2D eigenvalue weighted by molar-refractivity contribution is -0.224. The normalized spacial score (nSPS) is 28.4. The van der Waals surface area contributed by atoms with Crippen molar-refractivity contribution in [1.29, 1.82) is 0 Å². The predicted molar refractivity (Wildman–Crippen MR) is 133 cm³/mol. The first-order valence-corrected chi connectivity index (χ1v) is 14.3. The van der Waals surface area contributed by atoms with E-state index in [4.69, 9.17) is 19.1 Å². The van der Waals surface area contributed by atoms with E-state index >= 15 is 0 Å². The molecule has 3 N–H and O–H groups in total. The highest BCUT2D eigenvalue weighted by molar-refractivity contribution is 7.44. The Hall–Kier alpha value is -2.97. The molecule has 6 atom stereocenters.